The lowest BCUT2D eigenvalue weighted by molar-refractivity contribution is 0.354. The summed E-state index contributed by atoms with van der Waals surface area (Å²) in [6.45, 7) is 2.02. The van der Waals surface area contributed by atoms with Crippen LogP contribution in [0.25, 0.3) is 0 Å². The first kappa shape index (κ1) is 17.4. The number of rotatable bonds is 5. The van der Waals surface area contributed by atoms with Gasteiger partial charge in [0.15, 0.2) is 16.6 Å². The Hall–Kier alpha value is -1.98. The highest BCUT2D eigenvalue weighted by Crippen LogP contribution is 2.30. The van der Waals surface area contributed by atoms with Crippen LogP contribution in [0.15, 0.2) is 42.5 Å². The second kappa shape index (κ2) is 8.04. The van der Waals surface area contributed by atoms with E-state index in [1.165, 1.54) is 0 Å². The van der Waals surface area contributed by atoms with Crippen molar-refractivity contribution in [2.24, 2.45) is 0 Å². The number of hydrogen-bond donors (Lipinski definition) is 2. The van der Waals surface area contributed by atoms with Crippen molar-refractivity contribution in [2.45, 2.75) is 13.0 Å². The number of benzene rings is 2. The molecule has 1 atom stereocenters. The summed E-state index contributed by atoms with van der Waals surface area (Å²) >= 11 is 11.5. The van der Waals surface area contributed by atoms with Gasteiger partial charge in [0.1, 0.15) is 0 Å². The second-order valence-electron chi connectivity index (χ2n) is 4.91. The molecule has 0 bridgehead atoms. The fourth-order valence-corrected chi connectivity index (χ4v) is 2.59. The number of methoxy groups -OCH3 is 2. The molecule has 4 nitrogen and oxygen atoms in total. The average Bonchev–Trinajstić information content (AvgIpc) is 2.56. The maximum atomic E-state index is 6.11. The summed E-state index contributed by atoms with van der Waals surface area (Å²) in [4.78, 5) is 0. The molecule has 122 valence electrons. The van der Waals surface area contributed by atoms with E-state index >= 15 is 0 Å². The maximum absolute atomic E-state index is 6.11. The Morgan fingerprint density at radius 2 is 1.78 bits per heavy atom. The van der Waals surface area contributed by atoms with Crippen LogP contribution in [-0.2, 0) is 0 Å². The number of thiocarbonyl (C=S) groups is 1. The number of nitrogens with one attached hydrogen (secondary N) is 2. The van der Waals surface area contributed by atoms with Gasteiger partial charge >= 0.3 is 0 Å². The molecule has 2 N–H and O–H groups in total. The van der Waals surface area contributed by atoms with Crippen LogP contribution in [0.3, 0.4) is 0 Å². The van der Waals surface area contributed by atoms with Crippen LogP contribution in [0.2, 0.25) is 5.02 Å². The minimum absolute atomic E-state index is 0.00251. The minimum atomic E-state index is -0.00251. The summed E-state index contributed by atoms with van der Waals surface area (Å²) in [6.07, 6.45) is 0. The molecule has 2 aromatic rings. The third-order valence-corrected chi connectivity index (χ3v) is 3.93. The molecule has 1 unspecified atom stereocenters. The highest BCUT2D eigenvalue weighted by Gasteiger charge is 2.11. The summed E-state index contributed by atoms with van der Waals surface area (Å²) in [5.41, 5.74) is 1.80. The van der Waals surface area contributed by atoms with Crippen LogP contribution in [0, 0.1) is 0 Å². The molecule has 0 aromatic heterocycles. The van der Waals surface area contributed by atoms with E-state index in [0.717, 1.165) is 11.3 Å². The van der Waals surface area contributed by atoms with Gasteiger partial charge in [-0.1, -0.05) is 29.8 Å². The largest absolute Gasteiger partial charge is 0.493 e. The molecule has 0 heterocycles. The molecule has 2 rings (SSSR count). The number of halogens is 1. The van der Waals surface area contributed by atoms with Crippen molar-refractivity contribution in [3.63, 3.8) is 0 Å². The Morgan fingerprint density at radius 1 is 1.09 bits per heavy atom. The van der Waals surface area contributed by atoms with Crippen molar-refractivity contribution in [1.29, 1.82) is 0 Å². The topological polar surface area (TPSA) is 42.5 Å². The van der Waals surface area contributed by atoms with E-state index in [1.54, 1.807) is 14.2 Å². The zero-order chi connectivity index (χ0) is 16.8. The van der Waals surface area contributed by atoms with Gasteiger partial charge in [-0.25, -0.2) is 0 Å². The van der Waals surface area contributed by atoms with Gasteiger partial charge in [-0.2, -0.15) is 0 Å². The normalized spacial score (nSPS) is 11.5. The van der Waals surface area contributed by atoms with Crippen molar-refractivity contribution in [3.05, 3.63) is 53.1 Å². The molecule has 0 saturated heterocycles. The lowest BCUT2D eigenvalue weighted by Crippen LogP contribution is -2.31. The van der Waals surface area contributed by atoms with Crippen LogP contribution in [0.5, 0.6) is 11.5 Å². The molecule has 0 spiro atoms. The Kier molecular flexibility index (Phi) is 6.07. The number of para-hydroxylation sites is 1. The standard InChI is InChI=1S/C17H19ClN2O2S/c1-11(12-8-9-15(21-2)16(10-12)22-3)19-17(23)20-14-7-5-4-6-13(14)18/h4-11H,1-3H3,(H2,19,20,23). The quantitative estimate of drug-likeness (QED) is 0.782. The fourth-order valence-electron chi connectivity index (χ4n) is 2.12. The molecule has 0 amide bonds. The van der Waals surface area contributed by atoms with Gasteiger partial charge in [0.2, 0.25) is 0 Å². The summed E-state index contributed by atoms with van der Waals surface area (Å²) in [5, 5.41) is 7.44. The van der Waals surface area contributed by atoms with E-state index in [2.05, 4.69) is 10.6 Å². The molecule has 0 aliphatic rings. The average molecular weight is 351 g/mol. The first-order valence-electron chi connectivity index (χ1n) is 7.09. The summed E-state index contributed by atoms with van der Waals surface area (Å²) in [7, 11) is 3.23. The van der Waals surface area contributed by atoms with Crippen molar-refractivity contribution in [2.75, 3.05) is 19.5 Å². The fraction of sp³-hybridized carbons (Fsp3) is 0.235. The first-order valence-corrected chi connectivity index (χ1v) is 7.87. The van der Waals surface area contributed by atoms with Crippen LogP contribution >= 0.6 is 23.8 Å². The van der Waals surface area contributed by atoms with E-state index < -0.39 is 0 Å². The van der Waals surface area contributed by atoms with Gasteiger partial charge in [0, 0.05) is 0 Å². The summed E-state index contributed by atoms with van der Waals surface area (Å²) in [6, 6.07) is 13.2. The van der Waals surface area contributed by atoms with Gasteiger partial charge in [-0.15, -0.1) is 0 Å². The number of hydrogen-bond acceptors (Lipinski definition) is 3. The first-order chi connectivity index (χ1) is 11.0. The Balaban J connectivity index is 2.05. The van der Waals surface area contributed by atoms with Gasteiger partial charge in [-0.3, -0.25) is 0 Å². The predicted octanol–water partition coefficient (Wildman–Crippen LogP) is 4.40. The molecule has 6 heteroatoms. The molecule has 23 heavy (non-hydrogen) atoms. The van der Waals surface area contributed by atoms with Gasteiger partial charge in [0.05, 0.1) is 31.0 Å². The van der Waals surface area contributed by atoms with E-state index in [-0.39, 0.29) is 6.04 Å². The molecular formula is C17H19ClN2O2S. The highest BCUT2D eigenvalue weighted by atomic mass is 35.5. The molecule has 0 saturated carbocycles. The van der Waals surface area contributed by atoms with Crippen molar-refractivity contribution < 1.29 is 9.47 Å². The van der Waals surface area contributed by atoms with E-state index in [0.29, 0.717) is 21.6 Å². The van der Waals surface area contributed by atoms with Gasteiger partial charge in [0.25, 0.3) is 0 Å². The van der Waals surface area contributed by atoms with Crippen LogP contribution in [0.4, 0.5) is 5.69 Å². The van der Waals surface area contributed by atoms with Gasteiger partial charge < -0.3 is 20.1 Å². The number of anilines is 1. The summed E-state index contributed by atoms with van der Waals surface area (Å²) in [5.74, 6) is 1.38. The molecule has 2 aromatic carbocycles. The third kappa shape index (κ3) is 4.50. The monoisotopic (exact) mass is 350 g/mol. The Bertz CT molecular complexity index is 694. The smallest absolute Gasteiger partial charge is 0.171 e. The molecule has 0 radical (unpaired) electrons. The summed E-state index contributed by atoms with van der Waals surface area (Å²) < 4.78 is 10.6. The van der Waals surface area contributed by atoms with Crippen LogP contribution in [0.1, 0.15) is 18.5 Å². The second-order valence-corrected chi connectivity index (χ2v) is 5.73. The Morgan fingerprint density at radius 3 is 2.43 bits per heavy atom. The van der Waals surface area contributed by atoms with Crippen molar-refractivity contribution in [1.82, 2.24) is 5.32 Å². The van der Waals surface area contributed by atoms with E-state index in [9.17, 15) is 0 Å². The maximum Gasteiger partial charge on any atom is 0.171 e. The van der Waals surface area contributed by atoms with Gasteiger partial charge in [-0.05, 0) is 49.0 Å². The minimum Gasteiger partial charge on any atom is -0.493 e. The van der Waals surface area contributed by atoms with Crippen molar-refractivity contribution in [3.8, 4) is 11.5 Å². The predicted molar refractivity (Wildman–Crippen MR) is 98.8 cm³/mol. The lowest BCUT2D eigenvalue weighted by Gasteiger charge is -2.19. The van der Waals surface area contributed by atoms with Crippen LogP contribution in [-0.4, -0.2) is 19.3 Å². The zero-order valence-electron chi connectivity index (χ0n) is 13.2. The lowest BCUT2D eigenvalue weighted by atomic mass is 10.1. The molecule has 0 fully saturated rings. The number of ether oxygens (including phenoxy) is 2. The SMILES string of the molecule is COc1ccc(C(C)NC(=S)Nc2ccccc2Cl)cc1OC. The highest BCUT2D eigenvalue weighted by molar-refractivity contribution is 7.80. The third-order valence-electron chi connectivity index (χ3n) is 3.38. The molecular weight excluding hydrogens is 332 g/mol. The zero-order valence-corrected chi connectivity index (χ0v) is 14.8. The van der Waals surface area contributed by atoms with E-state index in [1.807, 2.05) is 49.4 Å². The molecule has 0 aliphatic heterocycles. The molecule has 0 aliphatic carbocycles. The van der Waals surface area contributed by atoms with Crippen molar-refractivity contribution >= 4 is 34.6 Å². The Labute approximate surface area is 146 Å². The van der Waals surface area contributed by atoms with Crippen LogP contribution < -0.4 is 20.1 Å². The van der Waals surface area contributed by atoms with E-state index in [4.69, 9.17) is 33.3 Å².